The van der Waals surface area contributed by atoms with Crippen LogP contribution in [-0.2, 0) is 9.59 Å². The molecule has 7 rings (SSSR count). The highest BCUT2D eigenvalue weighted by atomic mass is 32.1. The van der Waals surface area contributed by atoms with Gasteiger partial charge in [-0.1, -0.05) is 31.9 Å². The molecule has 2 aliphatic heterocycles. The number of imide groups is 1. The molecule has 5 fully saturated rings. The van der Waals surface area contributed by atoms with Gasteiger partial charge in [0, 0.05) is 50.6 Å². The lowest BCUT2D eigenvalue weighted by Gasteiger charge is -2.40. The number of aromatic nitrogens is 1. The number of anilines is 1. The number of benzene rings is 1. The minimum absolute atomic E-state index is 0.0208. The van der Waals surface area contributed by atoms with E-state index in [2.05, 4.69) is 34.1 Å². The summed E-state index contributed by atoms with van der Waals surface area (Å²) >= 11 is 1.58. The van der Waals surface area contributed by atoms with Crippen molar-refractivity contribution in [3.63, 3.8) is 0 Å². The Morgan fingerprint density at radius 3 is 2.47 bits per heavy atom. The monoisotopic (exact) mass is 536 g/mol. The lowest BCUT2D eigenvalue weighted by atomic mass is 9.71. The van der Waals surface area contributed by atoms with E-state index in [-0.39, 0.29) is 35.5 Å². The number of hydrogen-bond donors (Lipinski definition) is 1. The van der Waals surface area contributed by atoms with Crippen LogP contribution in [0.5, 0.6) is 0 Å². The highest BCUT2D eigenvalue weighted by Crippen LogP contribution is 2.61. The van der Waals surface area contributed by atoms with Gasteiger partial charge in [0.1, 0.15) is 5.82 Å². The van der Waals surface area contributed by atoms with Gasteiger partial charge in [-0.15, -0.1) is 0 Å². The molecule has 3 heterocycles. The van der Waals surface area contributed by atoms with E-state index in [1.54, 1.807) is 16.4 Å². The van der Waals surface area contributed by atoms with Crippen molar-refractivity contribution in [3.8, 4) is 0 Å². The van der Waals surface area contributed by atoms with E-state index in [0.717, 1.165) is 51.4 Å². The number of likely N-dealkylation sites (tertiary alicyclic amines) is 1. The molecule has 8 heteroatoms. The third-order valence-corrected chi connectivity index (χ3v) is 11.7. The molecule has 1 aromatic heterocycles. The molecule has 2 bridgehead atoms. The number of amides is 2. The summed E-state index contributed by atoms with van der Waals surface area (Å²) in [5.74, 6) is 1.84. The maximum absolute atomic E-state index is 13.6. The summed E-state index contributed by atoms with van der Waals surface area (Å²) < 4.78 is 6.01. The molecule has 7 nitrogen and oxygen atoms in total. The van der Waals surface area contributed by atoms with Crippen LogP contribution in [-0.4, -0.2) is 76.0 Å². The lowest BCUT2D eigenvalue weighted by Crippen LogP contribution is -2.49. The summed E-state index contributed by atoms with van der Waals surface area (Å²) in [4.78, 5) is 33.7. The van der Waals surface area contributed by atoms with E-state index < -0.39 is 5.60 Å². The number of nitrogens with zero attached hydrogens (tertiary/aromatic N) is 4. The SMILES string of the molecule is CC[C@@]1(O)C[C@@H]2C[C@@H]1[C@@H]1C(=O)N(C[C@@H]3CCCC[C@H]3CN3CCN(c4nsc5ccccc45)CC3)C(=O)[C@H]21. The molecular weight excluding hydrogens is 496 g/mol. The van der Waals surface area contributed by atoms with Crippen molar-refractivity contribution in [2.75, 3.05) is 44.2 Å². The molecule has 1 aromatic carbocycles. The van der Waals surface area contributed by atoms with Gasteiger partial charge in [0.25, 0.3) is 0 Å². The zero-order valence-electron chi connectivity index (χ0n) is 22.4. The van der Waals surface area contributed by atoms with E-state index >= 15 is 0 Å². The minimum Gasteiger partial charge on any atom is -0.390 e. The van der Waals surface area contributed by atoms with Crippen molar-refractivity contribution in [1.29, 1.82) is 0 Å². The van der Waals surface area contributed by atoms with Crippen LogP contribution in [0.1, 0.15) is 51.9 Å². The Hall–Kier alpha value is -2.03. The Morgan fingerprint density at radius 1 is 1.00 bits per heavy atom. The first-order valence-corrected chi connectivity index (χ1v) is 15.6. The molecule has 1 N–H and O–H groups in total. The lowest BCUT2D eigenvalue weighted by molar-refractivity contribution is -0.142. The standard InChI is InChI=1S/C30H40N4O3S/c1-2-30(37)16-21-15-23(30)26-25(21)28(35)34(29(26)36)18-20-8-4-3-7-19(20)17-32-11-13-33(14-12-32)27-22-9-5-6-10-24(22)38-31-27/h5-6,9-10,19-21,23,25-26,37H,2-4,7-8,11-18H2,1H3/t19-,20-,21-,23+,25+,26-,30+/m0/s1. The maximum Gasteiger partial charge on any atom is 0.233 e. The summed E-state index contributed by atoms with van der Waals surface area (Å²) in [7, 11) is 0. The fourth-order valence-corrected chi connectivity index (χ4v) is 9.64. The van der Waals surface area contributed by atoms with Crippen molar-refractivity contribution in [2.45, 2.75) is 57.5 Å². The molecule has 3 saturated carbocycles. The van der Waals surface area contributed by atoms with Crippen molar-refractivity contribution < 1.29 is 14.7 Å². The quantitative estimate of drug-likeness (QED) is 0.563. The molecule has 0 unspecified atom stereocenters. The molecule has 5 aliphatic rings. The van der Waals surface area contributed by atoms with Crippen molar-refractivity contribution >= 4 is 39.3 Å². The Bertz CT molecular complexity index is 1230. The van der Waals surface area contributed by atoms with E-state index in [0.29, 0.717) is 31.2 Å². The largest absolute Gasteiger partial charge is 0.390 e. The average molecular weight is 537 g/mol. The van der Waals surface area contributed by atoms with Crippen LogP contribution in [0, 0.1) is 35.5 Å². The summed E-state index contributed by atoms with van der Waals surface area (Å²) in [6, 6.07) is 8.50. The first-order chi connectivity index (χ1) is 18.5. The fourth-order valence-electron chi connectivity index (χ4n) is 8.84. The van der Waals surface area contributed by atoms with Gasteiger partial charge in [-0.3, -0.25) is 19.4 Å². The molecule has 38 heavy (non-hydrogen) atoms. The minimum atomic E-state index is -0.752. The topological polar surface area (TPSA) is 77.0 Å². The number of fused-ring (bicyclic) bond motifs is 6. The summed E-state index contributed by atoms with van der Waals surface area (Å²) in [6.07, 6.45) is 6.94. The average Bonchev–Trinajstić information content (AvgIpc) is 3.68. The molecule has 204 valence electrons. The second kappa shape index (κ2) is 9.56. The van der Waals surface area contributed by atoms with Crippen LogP contribution in [0.15, 0.2) is 24.3 Å². The number of piperazine rings is 1. The van der Waals surface area contributed by atoms with Gasteiger partial charge in [-0.05, 0) is 73.5 Å². The van der Waals surface area contributed by atoms with Crippen LogP contribution in [0.3, 0.4) is 0 Å². The second-order valence-corrected chi connectivity index (χ2v) is 13.5. The van der Waals surface area contributed by atoms with Crippen molar-refractivity contribution in [2.24, 2.45) is 35.5 Å². The Labute approximate surface area is 229 Å². The second-order valence-electron chi connectivity index (χ2n) is 12.7. The zero-order valence-corrected chi connectivity index (χ0v) is 23.2. The van der Waals surface area contributed by atoms with Gasteiger partial charge in [0.2, 0.25) is 11.8 Å². The summed E-state index contributed by atoms with van der Waals surface area (Å²) in [5, 5.41) is 12.4. The zero-order chi connectivity index (χ0) is 26.0. The molecular formula is C30H40N4O3S. The highest BCUT2D eigenvalue weighted by molar-refractivity contribution is 7.13. The van der Waals surface area contributed by atoms with Gasteiger partial charge in [-0.2, -0.15) is 4.37 Å². The first kappa shape index (κ1) is 25.0. The predicted octanol–water partition coefficient (Wildman–Crippen LogP) is 4.01. The Morgan fingerprint density at radius 2 is 1.71 bits per heavy atom. The third-order valence-electron chi connectivity index (χ3n) is 10.9. The number of hydrogen-bond acceptors (Lipinski definition) is 7. The van der Waals surface area contributed by atoms with Gasteiger partial charge < -0.3 is 10.0 Å². The number of carbonyl (C=O) groups is 2. The number of rotatable bonds is 6. The summed E-state index contributed by atoms with van der Waals surface area (Å²) in [5.41, 5.74) is -0.752. The van der Waals surface area contributed by atoms with Crippen LogP contribution >= 0.6 is 11.5 Å². The van der Waals surface area contributed by atoms with Crippen LogP contribution < -0.4 is 4.90 Å². The molecule has 0 radical (unpaired) electrons. The molecule has 2 saturated heterocycles. The molecule has 2 amide bonds. The van der Waals surface area contributed by atoms with Gasteiger partial charge in [0.05, 0.1) is 22.1 Å². The van der Waals surface area contributed by atoms with Crippen molar-refractivity contribution in [1.82, 2.24) is 14.2 Å². The van der Waals surface area contributed by atoms with Gasteiger partial charge in [0.15, 0.2) is 0 Å². The maximum atomic E-state index is 13.6. The highest BCUT2D eigenvalue weighted by Gasteiger charge is 2.67. The number of carbonyl (C=O) groups excluding carboxylic acids is 2. The Kier molecular flexibility index (Phi) is 6.28. The van der Waals surface area contributed by atoms with E-state index in [1.807, 2.05) is 6.92 Å². The normalized spacial score (nSPS) is 37.5. The van der Waals surface area contributed by atoms with Crippen LogP contribution in [0.2, 0.25) is 0 Å². The fraction of sp³-hybridized carbons (Fsp3) is 0.700. The van der Waals surface area contributed by atoms with E-state index in [9.17, 15) is 14.7 Å². The third kappa shape index (κ3) is 3.93. The smallest absolute Gasteiger partial charge is 0.233 e. The van der Waals surface area contributed by atoms with Gasteiger partial charge in [-0.25, -0.2) is 0 Å². The first-order valence-electron chi connectivity index (χ1n) is 14.9. The van der Waals surface area contributed by atoms with Crippen LogP contribution in [0.25, 0.3) is 10.1 Å². The molecule has 2 aromatic rings. The molecule has 7 atom stereocenters. The van der Waals surface area contributed by atoms with Crippen LogP contribution in [0.4, 0.5) is 5.82 Å². The molecule has 3 aliphatic carbocycles. The predicted molar refractivity (Wildman–Crippen MR) is 149 cm³/mol. The van der Waals surface area contributed by atoms with E-state index in [1.165, 1.54) is 29.3 Å². The van der Waals surface area contributed by atoms with Crippen molar-refractivity contribution in [3.05, 3.63) is 24.3 Å². The Balaban J connectivity index is 0.991. The summed E-state index contributed by atoms with van der Waals surface area (Å²) in [6.45, 7) is 7.69. The molecule has 0 spiro atoms. The van der Waals surface area contributed by atoms with E-state index in [4.69, 9.17) is 4.37 Å². The van der Waals surface area contributed by atoms with Gasteiger partial charge >= 0.3 is 0 Å². The number of aliphatic hydroxyl groups is 1.